The Bertz CT molecular complexity index is 1460. The molecule has 1 saturated carbocycles. The van der Waals surface area contributed by atoms with Gasteiger partial charge in [0, 0.05) is 10.6 Å². The van der Waals surface area contributed by atoms with E-state index < -0.39 is 17.5 Å². The molecule has 0 spiro atoms. The molecule has 0 bridgehead atoms. The van der Waals surface area contributed by atoms with Crippen LogP contribution in [0.1, 0.15) is 60.6 Å². The number of halogens is 2. The summed E-state index contributed by atoms with van der Waals surface area (Å²) in [6, 6.07) is 30.7. The van der Waals surface area contributed by atoms with Crippen molar-refractivity contribution in [3.05, 3.63) is 136 Å². The first-order valence-electron chi connectivity index (χ1n) is 13.7. The first kappa shape index (κ1) is 28.5. The third-order valence-corrected chi connectivity index (χ3v) is 7.62. The molecule has 7 heteroatoms. The maximum Gasteiger partial charge on any atom is 0.322 e. The summed E-state index contributed by atoms with van der Waals surface area (Å²) in [5.41, 5.74) is 2.36. The van der Waals surface area contributed by atoms with Crippen molar-refractivity contribution in [1.82, 2.24) is 0 Å². The van der Waals surface area contributed by atoms with E-state index in [0.717, 1.165) is 36.0 Å². The molecular formula is C34H31ClFNO4. The predicted octanol–water partition coefficient (Wildman–Crippen LogP) is 8.55. The zero-order chi connectivity index (χ0) is 28.5. The second-order valence-corrected chi connectivity index (χ2v) is 10.5. The molecule has 5 rings (SSSR count). The summed E-state index contributed by atoms with van der Waals surface area (Å²) < 4.78 is 25.6. The highest BCUT2D eigenvalue weighted by molar-refractivity contribution is 6.31. The van der Waals surface area contributed by atoms with Crippen molar-refractivity contribution in [3.8, 4) is 5.75 Å². The van der Waals surface area contributed by atoms with Gasteiger partial charge in [0.2, 0.25) is 0 Å². The van der Waals surface area contributed by atoms with Crippen LogP contribution in [0.15, 0.2) is 108 Å². The second-order valence-electron chi connectivity index (χ2n) is 10.1. The Morgan fingerprint density at radius 2 is 1.59 bits per heavy atom. The van der Waals surface area contributed by atoms with E-state index >= 15 is 0 Å². The summed E-state index contributed by atoms with van der Waals surface area (Å²) >= 11 is 6.40. The van der Waals surface area contributed by atoms with Gasteiger partial charge in [-0.25, -0.2) is 4.39 Å². The van der Waals surface area contributed by atoms with Crippen LogP contribution in [-0.2, 0) is 26.4 Å². The zero-order valence-corrected chi connectivity index (χ0v) is 23.3. The lowest BCUT2D eigenvalue weighted by atomic mass is 9.69. The van der Waals surface area contributed by atoms with Crippen molar-refractivity contribution in [3.63, 3.8) is 0 Å². The van der Waals surface area contributed by atoms with Crippen LogP contribution in [0.2, 0.25) is 5.02 Å². The van der Waals surface area contributed by atoms with Gasteiger partial charge in [0.15, 0.2) is 0 Å². The SMILES string of the molecule is O=C(Oc1ccc(C=NOC(OCc2ccccc2)c2ccccc2)cc1)C1(c2ccc(F)cc2Cl)CCCCC1. The number of nitrogens with zero attached hydrogens (tertiary/aromatic N) is 1. The van der Waals surface area contributed by atoms with Crippen LogP contribution in [-0.4, -0.2) is 12.2 Å². The van der Waals surface area contributed by atoms with Crippen molar-refractivity contribution >= 4 is 23.8 Å². The van der Waals surface area contributed by atoms with Crippen molar-refractivity contribution < 1.29 is 23.5 Å². The van der Waals surface area contributed by atoms with Gasteiger partial charge in [-0.1, -0.05) is 103 Å². The molecule has 0 heterocycles. The minimum atomic E-state index is -0.900. The molecule has 1 fully saturated rings. The summed E-state index contributed by atoms with van der Waals surface area (Å²) in [6.45, 7) is 0.376. The van der Waals surface area contributed by atoms with E-state index in [2.05, 4.69) is 5.16 Å². The Morgan fingerprint density at radius 3 is 2.27 bits per heavy atom. The van der Waals surface area contributed by atoms with Crippen LogP contribution in [0.5, 0.6) is 5.75 Å². The van der Waals surface area contributed by atoms with E-state index in [0.29, 0.717) is 30.8 Å². The van der Waals surface area contributed by atoms with Crippen molar-refractivity contribution in [2.24, 2.45) is 5.16 Å². The number of rotatable bonds is 10. The Kier molecular flexibility index (Phi) is 9.44. The standard InChI is InChI=1S/C34H31ClFNO4/c35-31-22-28(36)16-19-30(31)34(20-8-3-9-21-34)33(38)40-29-17-14-25(15-18-29)23-37-41-32(27-12-6-2-7-13-27)39-24-26-10-4-1-5-11-26/h1-2,4-7,10-19,22-23,32H,3,8-9,20-21,24H2. The molecule has 5 nitrogen and oxygen atoms in total. The fourth-order valence-electron chi connectivity index (χ4n) is 5.13. The van der Waals surface area contributed by atoms with Gasteiger partial charge in [-0.15, -0.1) is 0 Å². The van der Waals surface area contributed by atoms with Crippen molar-refractivity contribution in [2.45, 2.75) is 50.4 Å². The van der Waals surface area contributed by atoms with Gasteiger partial charge in [0.05, 0.1) is 18.2 Å². The van der Waals surface area contributed by atoms with Crippen LogP contribution in [0, 0.1) is 5.82 Å². The fraction of sp³-hybridized carbons (Fsp3) is 0.235. The summed E-state index contributed by atoms with van der Waals surface area (Å²) in [7, 11) is 0. The maximum atomic E-state index is 13.7. The molecule has 0 amide bonds. The zero-order valence-electron chi connectivity index (χ0n) is 22.5. The van der Waals surface area contributed by atoms with Crippen LogP contribution in [0.25, 0.3) is 0 Å². The molecule has 41 heavy (non-hydrogen) atoms. The average Bonchev–Trinajstić information content (AvgIpc) is 3.01. The summed E-state index contributed by atoms with van der Waals surface area (Å²) in [6.07, 6.45) is 4.88. The number of carbonyl (C=O) groups is 1. The van der Waals surface area contributed by atoms with E-state index in [1.165, 1.54) is 12.1 Å². The molecule has 1 aliphatic rings. The quantitative estimate of drug-likeness (QED) is 0.0629. The number of oxime groups is 1. The van der Waals surface area contributed by atoms with Gasteiger partial charge in [-0.3, -0.25) is 4.79 Å². The predicted molar refractivity (Wildman–Crippen MR) is 157 cm³/mol. The van der Waals surface area contributed by atoms with Gasteiger partial charge in [-0.05, 0) is 65.9 Å². The Morgan fingerprint density at radius 1 is 0.902 bits per heavy atom. The molecule has 1 aliphatic carbocycles. The second kappa shape index (κ2) is 13.6. The molecule has 4 aromatic carbocycles. The lowest BCUT2D eigenvalue weighted by molar-refractivity contribution is -0.153. The van der Waals surface area contributed by atoms with Crippen LogP contribution < -0.4 is 4.74 Å². The number of ether oxygens (including phenoxy) is 2. The number of hydrogen-bond acceptors (Lipinski definition) is 5. The van der Waals surface area contributed by atoms with Gasteiger partial charge in [-0.2, -0.15) is 0 Å². The number of hydrogen-bond donors (Lipinski definition) is 0. The molecule has 4 aromatic rings. The molecule has 0 N–H and O–H groups in total. The van der Waals surface area contributed by atoms with E-state index in [4.69, 9.17) is 25.9 Å². The van der Waals surface area contributed by atoms with Crippen LogP contribution in [0.4, 0.5) is 4.39 Å². The van der Waals surface area contributed by atoms with Crippen LogP contribution >= 0.6 is 11.6 Å². The third-order valence-electron chi connectivity index (χ3n) is 7.31. The van der Waals surface area contributed by atoms with Crippen molar-refractivity contribution in [1.29, 1.82) is 0 Å². The van der Waals surface area contributed by atoms with E-state index in [9.17, 15) is 9.18 Å². The molecule has 0 saturated heterocycles. The molecule has 210 valence electrons. The monoisotopic (exact) mass is 571 g/mol. The van der Waals surface area contributed by atoms with E-state index in [1.807, 2.05) is 60.7 Å². The van der Waals surface area contributed by atoms with Crippen LogP contribution in [0.3, 0.4) is 0 Å². The lowest BCUT2D eigenvalue weighted by Crippen LogP contribution is -2.41. The Hall–Kier alpha value is -4.00. The van der Waals surface area contributed by atoms with Gasteiger partial charge >= 0.3 is 5.97 Å². The number of benzene rings is 4. The molecule has 0 aliphatic heterocycles. The highest BCUT2D eigenvalue weighted by Crippen LogP contribution is 2.43. The minimum Gasteiger partial charge on any atom is -0.426 e. The number of esters is 1. The summed E-state index contributed by atoms with van der Waals surface area (Å²) in [4.78, 5) is 19.3. The Balaban J connectivity index is 1.24. The number of carbonyl (C=O) groups excluding carboxylic acids is 1. The minimum absolute atomic E-state index is 0.247. The summed E-state index contributed by atoms with van der Waals surface area (Å²) in [5.74, 6) is -0.404. The van der Waals surface area contributed by atoms with Crippen molar-refractivity contribution in [2.75, 3.05) is 0 Å². The largest absolute Gasteiger partial charge is 0.426 e. The maximum absolute atomic E-state index is 13.7. The third kappa shape index (κ3) is 7.20. The molecule has 0 aromatic heterocycles. The van der Waals surface area contributed by atoms with E-state index in [1.54, 1.807) is 36.5 Å². The topological polar surface area (TPSA) is 57.1 Å². The first-order valence-corrected chi connectivity index (χ1v) is 14.1. The Labute approximate surface area is 244 Å². The van der Waals surface area contributed by atoms with Gasteiger partial charge in [0.1, 0.15) is 11.6 Å². The normalized spacial score (nSPS) is 15.4. The highest BCUT2D eigenvalue weighted by Gasteiger charge is 2.44. The summed E-state index contributed by atoms with van der Waals surface area (Å²) in [5, 5.41) is 4.41. The molecule has 0 radical (unpaired) electrons. The average molecular weight is 572 g/mol. The first-order chi connectivity index (χ1) is 20.0. The smallest absolute Gasteiger partial charge is 0.322 e. The van der Waals surface area contributed by atoms with Gasteiger partial charge in [0.25, 0.3) is 6.29 Å². The van der Waals surface area contributed by atoms with Gasteiger partial charge < -0.3 is 14.3 Å². The molecular weight excluding hydrogens is 541 g/mol. The lowest BCUT2D eigenvalue weighted by Gasteiger charge is -2.35. The molecule has 1 unspecified atom stereocenters. The highest BCUT2D eigenvalue weighted by atomic mass is 35.5. The molecule has 1 atom stereocenters. The fourth-order valence-corrected chi connectivity index (χ4v) is 5.48. The van der Waals surface area contributed by atoms with E-state index in [-0.39, 0.29) is 11.0 Å².